The van der Waals surface area contributed by atoms with Crippen LogP contribution in [0.5, 0.6) is 17.2 Å². The van der Waals surface area contributed by atoms with Crippen LogP contribution in [0.4, 0.5) is 0 Å². The van der Waals surface area contributed by atoms with Gasteiger partial charge in [0, 0.05) is 12.5 Å². The summed E-state index contributed by atoms with van der Waals surface area (Å²) in [4.78, 5) is 0. The van der Waals surface area contributed by atoms with Crippen LogP contribution < -0.4 is 4.74 Å². The number of aliphatic hydroxyl groups is 1. The first-order chi connectivity index (χ1) is 9.13. The van der Waals surface area contributed by atoms with Crippen molar-refractivity contribution in [2.45, 2.75) is 18.6 Å². The van der Waals surface area contributed by atoms with Gasteiger partial charge in [-0.2, -0.15) is 0 Å². The summed E-state index contributed by atoms with van der Waals surface area (Å²) < 4.78 is 5.74. The Morgan fingerprint density at radius 3 is 2.58 bits per heavy atom. The van der Waals surface area contributed by atoms with E-state index < -0.39 is 12.2 Å². The van der Waals surface area contributed by atoms with E-state index >= 15 is 0 Å². The standard InChI is InChI=1S/C15H14O4/c16-11-3-1-2-10(6-11)15-13(18)7-9-4-5-12(17)8-14(9)19-15/h1-6,8,13,15-18H,7H2/t13-,15-/m0/s1. The molecule has 2 atom stereocenters. The number of aliphatic hydroxyl groups excluding tert-OH is 1. The molecular weight excluding hydrogens is 244 g/mol. The van der Waals surface area contributed by atoms with Crippen molar-refractivity contribution < 1.29 is 20.1 Å². The highest BCUT2D eigenvalue weighted by Gasteiger charge is 2.30. The number of phenolic OH excluding ortho intramolecular Hbond substituents is 2. The van der Waals surface area contributed by atoms with Crippen molar-refractivity contribution in [3.8, 4) is 17.2 Å². The lowest BCUT2D eigenvalue weighted by atomic mass is 9.94. The minimum atomic E-state index is -0.682. The number of hydrogen-bond donors (Lipinski definition) is 3. The second-order valence-corrected chi connectivity index (χ2v) is 4.70. The number of ether oxygens (including phenoxy) is 1. The molecule has 19 heavy (non-hydrogen) atoms. The highest BCUT2D eigenvalue weighted by Crippen LogP contribution is 2.37. The molecule has 2 aromatic carbocycles. The summed E-state index contributed by atoms with van der Waals surface area (Å²) in [5, 5.41) is 29.1. The minimum Gasteiger partial charge on any atom is -0.508 e. The van der Waals surface area contributed by atoms with Gasteiger partial charge in [-0.1, -0.05) is 18.2 Å². The van der Waals surface area contributed by atoms with Crippen LogP contribution in [-0.2, 0) is 6.42 Å². The van der Waals surface area contributed by atoms with Gasteiger partial charge in [-0.05, 0) is 29.3 Å². The zero-order valence-corrected chi connectivity index (χ0v) is 10.2. The van der Waals surface area contributed by atoms with Crippen molar-refractivity contribution in [2.75, 3.05) is 0 Å². The lowest BCUT2D eigenvalue weighted by molar-refractivity contribution is 0.0205. The Morgan fingerprint density at radius 1 is 1.00 bits per heavy atom. The van der Waals surface area contributed by atoms with Gasteiger partial charge in [0.1, 0.15) is 23.4 Å². The molecule has 0 saturated carbocycles. The third kappa shape index (κ3) is 2.22. The van der Waals surface area contributed by atoms with Crippen LogP contribution >= 0.6 is 0 Å². The number of aromatic hydroxyl groups is 2. The Kier molecular flexibility index (Phi) is 2.80. The molecule has 4 heteroatoms. The average Bonchev–Trinajstić information content (AvgIpc) is 2.38. The van der Waals surface area contributed by atoms with Gasteiger partial charge in [0.05, 0.1) is 6.10 Å². The molecule has 2 aromatic rings. The molecule has 0 fully saturated rings. The van der Waals surface area contributed by atoms with Gasteiger partial charge >= 0.3 is 0 Å². The van der Waals surface area contributed by atoms with Gasteiger partial charge in [0.15, 0.2) is 0 Å². The van der Waals surface area contributed by atoms with Gasteiger partial charge < -0.3 is 20.1 Å². The van der Waals surface area contributed by atoms with Crippen molar-refractivity contribution in [3.05, 3.63) is 53.6 Å². The van der Waals surface area contributed by atoms with E-state index in [9.17, 15) is 15.3 Å². The van der Waals surface area contributed by atoms with E-state index in [1.54, 1.807) is 36.4 Å². The van der Waals surface area contributed by atoms with Gasteiger partial charge in [-0.3, -0.25) is 0 Å². The Morgan fingerprint density at radius 2 is 1.79 bits per heavy atom. The zero-order valence-electron chi connectivity index (χ0n) is 10.2. The first kappa shape index (κ1) is 11.9. The molecule has 0 aliphatic carbocycles. The van der Waals surface area contributed by atoms with Gasteiger partial charge in [0.2, 0.25) is 0 Å². The molecule has 0 amide bonds. The first-order valence-corrected chi connectivity index (χ1v) is 6.09. The molecule has 0 bridgehead atoms. The zero-order chi connectivity index (χ0) is 13.4. The van der Waals surface area contributed by atoms with Gasteiger partial charge in [-0.25, -0.2) is 0 Å². The Labute approximate surface area is 110 Å². The van der Waals surface area contributed by atoms with Crippen LogP contribution in [0.2, 0.25) is 0 Å². The summed E-state index contributed by atoms with van der Waals surface area (Å²) >= 11 is 0. The smallest absolute Gasteiger partial charge is 0.150 e. The summed E-state index contributed by atoms with van der Waals surface area (Å²) in [7, 11) is 0. The van der Waals surface area contributed by atoms with Crippen molar-refractivity contribution in [2.24, 2.45) is 0 Å². The maximum Gasteiger partial charge on any atom is 0.150 e. The van der Waals surface area contributed by atoms with E-state index in [0.717, 1.165) is 5.56 Å². The van der Waals surface area contributed by atoms with E-state index in [-0.39, 0.29) is 11.5 Å². The largest absolute Gasteiger partial charge is 0.508 e. The predicted molar refractivity (Wildman–Crippen MR) is 69.3 cm³/mol. The second kappa shape index (κ2) is 4.48. The summed E-state index contributed by atoms with van der Waals surface area (Å²) in [6, 6.07) is 11.5. The molecule has 0 unspecified atom stereocenters. The van der Waals surface area contributed by atoms with Crippen molar-refractivity contribution >= 4 is 0 Å². The van der Waals surface area contributed by atoms with Crippen LogP contribution in [0.15, 0.2) is 42.5 Å². The lowest BCUT2D eigenvalue weighted by Gasteiger charge is -2.31. The molecule has 0 saturated heterocycles. The van der Waals surface area contributed by atoms with E-state index in [2.05, 4.69) is 0 Å². The van der Waals surface area contributed by atoms with E-state index in [1.807, 2.05) is 0 Å². The van der Waals surface area contributed by atoms with Gasteiger partial charge in [0.25, 0.3) is 0 Å². The average molecular weight is 258 g/mol. The topological polar surface area (TPSA) is 69.9 Å². The molecule has 98 valence electrons. The van der Waals surface area contributed by atoms with Crippen molar-refractivity contribution in [3.63, 3.8) is 0 Å². The second-order valence-electron chi connectivity index (χ2n) is 4.70. The summed E-state index contributed by atoms with van der Waals surface area (Å²) in [5.74, 6) is 0.832. The molecule has 1 heterocycles. The van der Waals surface area contributed by atoms with Crippen LogP contribution in [0.3, 0.4) is 0 Å². The number of phenols is 2. The highest BCUT2D eigenvalue weighted by molar-refractivity contribution is 5.43. The van der Waals surface area contributed by atoms with Crippen LogP contribution in [0, 0.1) is 0 Å². The maximum atomic E-state index is 10.2. The van der Waals surface area contributed by atoms with Crippen LogP contribution in [0.25, 0.3) is 0 Å². The molecule has 3 rings (SSSR count). The molecule has 1 aliphatic rings. The lowest BCUT2D eigenvalue weighted by Crippen LogP contribution is -2.30. The number of benzene rings is 2. The van der Waals surface area contributed by atoms with Crippen LogP contribution in [-0.4, -0.2) is 21.4 Å². The molecule has 4 nitrogen and oxygen atoms in total. The predicted octanol–water partition coefficient (Wildman–Crippen LogP) is 2.13. The van der Waals surface area contributed by atoms with Crippen molar-refractivity contribution in [1.29, 1.82) is 0 Å². The summed E-state index contributed by atoms with van der Waals surface area (Å²) in [5.41, 5.74) is 1.57. The minimum absolute atomic E-state index is 0.129. The fourth-order valence-corrected chi connectivity index (χ4v) is 2.36. The normalized spacial score (nSPS) is 21.5. The quantitative estimate of drug-likeness (QED) is 0.733. The third-order valence-corrected chi connectivity index (χ3v) is 3.28. The number of rotatable bonds is 1. The molecule has 1 aliphatic heterocycles. The fourth-order valence-electron chi connectivity index (χ4n) is 2.36. The monoisotopic (exact) mass is 258 g/mol. The SMILES string of the molecule is Oc1cccc([C@@H]2Oc3cc(O)ccc3C[C@@H]2O)c1. The molecule has 3 N–H and O–H groups in total. The van der Waals surface area contributed by atoms with Crippen LogP contribution in [0.1, 0.15) is 17.2 Å². The number of fused-ring (bicyclic) bond motifs is 1. The van der Waals surface area contributed by atoms with Gasteiger partial charge in [-0.15, -0.1) is 0 Å². The first-order valence-electron chi connectivity index (χ1n) is 6.09. The molecular formula is C15H14O4. The molecule has 0 aromatic heterocycles. The third-order valence-electron chi connectivity index (χ3n) is 3.28. The Balaban J connectivity index is 1.97. The Hall–Kier alpha value is -2.20. The van der Waals surface area contributed by atoms with E-state index in [4.69, 9.17) is 4.74 Å². The van der Waals surface area contributed by atoms with E-state index in [0.29, 0.717) is 17.7 Å². The van der Waals surface area contributed by atoms with Crippen molar-refractivity contribution in [1.82, 2.24) is 0 Å². The van der Waals surface area contributed by atoms with E-state index in [1.165, 1.54) is 6.07 Å². The summed E-state index contributed by atoms with van der Waals surface area (Å²) in [6.45, 7) is 0. The maximum absolute atomic E-state index is 10.2. The Bertz CT molecular complexity index is 609. The summed E-state index contributed by atoms with van der Waals surface area (Å²) in [6.07, 6.45) is -0.768. The molecule has 0 spiro atoms. The molecule has 0 radical (unpaired) electrons. The number of hydrogen-bond acceptors (Lipinski definition) is 4. The fraction of sp³-hybridized carbons (Fsp3) is 0.200. The highest BCUT2D eigenvalue weighted by atomic mass is 16.5.